The van der Waals surface area contributed by atoms with Crippen LogP contribution in [0.3, 0.4) is 0 Å². The Hall–Kier alpha value is -2.27. The van der Waals surface area contributed by atoms with Crippen LogP contribution in [0.15, 0.2) is 47.1 Å². The molecular weight excluding hydrogens is 256 g/mol. The van der Waals surface area contributed by atoms with Gasteiger partial charge < -0.3 is 19.8 Å². The van der Waals surface area contributed by atoms with Gasteiger partial charge in [0.2, 0.25) is 0 Å². The summed E-state index contributed by atoms with van der Waals surface area (Å²) in [6, 6.07) is 11.2. The third-order valence-corrected chi connectivity index (χ3v) is 2.74. The molecule has 1 amide bonds. The Balaban J connectivity index is 1.81. The van der Waals surface area contributed by atoms with E-state index in [2.05, 4.69) is 10.6 Å². The fraction of sp³-hybridized carbons (Fsp3) is 0.267. The molecule has 0 saturated carbocycles. The van der Waals surface area contributed by atoms with E-state index in [-0.39, 0.29) is 12.5 Å². The summed E-state index contributed by atoms with van der Waals surface area (Å²) in [6.45, 7) is 1.05. The van der Waals surface area contributed by atoms with Crippen LogP contribution in [0.25, 0.3) is 0 Å². The van der Waals surface area contributed by atoms with Gasteiger partial charge in [0.1, 0.15) is 11.5 Å². The highest BCUT2D eigenvalue weighted by Crippen LogP contribution is 2.17. The SMILES string of the molecule is CNCc1ccccc1OCC(=O)NCc1ccco1. The normalized spacial score (nSPS) is 10.2. The largest absolute Gasteiger partial charge is 0.483 e. The Bertz CT molecular complexity index is 538. The number of amides is 1. The number of hydrogen-bond donors (Lipinski definition) is 2. The number of ether oxygens (including phenoxy) is 1. The molecule has 2 N–H and O–H groups in total. The van der Waals surface area contributed by atoms with Crippen LogP contribution in [0.4, 0.5) is 0 Å². The molecule has 106 valence electrons. The van der Waals surface area contributed by atoms with Crippen molar-refractivity contribution < 1.29 is 13.9 Å². The molecule has 0 radical (unpaired) electrons. The van der Waals surface area contributed by atoms with E-state index in [1.807, 2.05) is 37.4 Å². The van der Waals surface area contributed by atoms with E-state index in [1.165, 1.54) is 0 Å². The summed E-state index contributed by atoms with van der Waals surface area (Å²) < 4.78 is 10.7. The van der Waals surface area contributed by atoms with Crippen molar-refractivity contribution in [2.45, 2.75) is 13.1 Å². The standard InChI is InChI=1S/C15H18N2O3/c1-16-9-12-5-2-3-7-14(12)20-11-15(18)17-10-13-6-4-8-19-13/h2-8,16H,9-11H2,1H3,(H,17,18). The average molecular weight is 274 g/mol. The van der Waals surface area contributed by atoms with Crippen LogP contribution in [0.2, 0.25) is 0 Å². The molecule has 0 spiro atoms. The maximum atomic E-state index is 11.7. The topological polar surface area (TPSA) is 63.5 Å². The van der Waals surface area contributed by atoms with Gasteiger partial charge in [-0.1, -0.05) is 18.2 Å². The van der Waals surface area contributed by atoms with Crippen molar-refractivity contribution in [2.24, 2.45) is 0 Å². The molecule has 0 saturated heterocycles. The first kappa shape index (κ1) is 14.1. The third-order valence-electron chi connectivity index (χ3n) is 2.74. The molecule has 2 rings (SSSR count). The zero-order valence-corrected chi connectivity index (χ0v) is 11.4. The number of benzene rings is 1. The van der Waals surface area contributed by atoms with E-state index >= 15 is 0 Å². The van der Waals surface area contributed by atoms with E-state index in [0.717, 1.165) is 11.3 Å². The fourth-order valence-corrected chi connectivity index (χ4v) is 1.77. The zero-order chi connectivity index (χ0) is 14.2. The molecule has 0 unspecified atom stereocenters. The minimum absolute atomic E-state index is 0.0125. The maximum Gasteiger partial charge on any atom is 0.258 e. The molecule has 5 heteroatoms. The molecule has 1 aromatic heterocycles. The fourth-order valence-electron chi connectivity index (χ4n) is 1.77. The van der Waals surface area contributed by atoms with Crippen LogP contribution in [0.5, 0.6) is 5.75 Å². The van der Waals surface area contributed by atoms with Gasteiger partial charge in [0.25, 0.3) is 5.91 Å². The molecule has 0 fully saturated rings. The first-order valence-electron chi connectivity index (χ1n) is 6.44. The van der Waals surface area contributed by atoms with Crippen LogP contribution >= 0.6 is 0 Å². The second kappa shape index (κ2) is 7.35. The Morgan fingerprint density at radius 2 is 2.05 bits per heavy atom. The van der Waals surface area contributed by atoms with Crippen molar-refractivity contribution in [3.63, 3.8) is 0 Å². The van der Waals surface area contributed by atoms with Gasteiger partial charge in [-0.3, -0.25) is 4.79 Å². The van der Waals surface area contributed by atoms with Crippen molar-refractivity contribution in [2.75, 3.05) is 13.7 Å². The summed E-state index contributed by atoms with van der Waals surface area (Å²) in [7, 11) is 1.87. The molecule has 0 aliphatic heterocycles. The number of carbonyl (C=O) groups excluding carboxylic acids is 1. The molecule has 1 aromatic carbocycles. The van der Waals surface area contributed by atoms with Crippen molar-refractivity contribution >= 4 is 5.91 Å². The van der Waals surface area contributed by atoms with Crippen molar-refractivity contribution in [3.05, 3.63) is 54.0 Å². The highest BCUT2D eigenvalue weighted by Gasteiger charge is 2.06. The first-order chi connectivity index (χ1) is 9.79. The Morgan fingerprint density at radius 1 is 1.20 bits per heavy atom. The zero-order valence-electron chi connectivity index (χ0n) is 11.4. The van der Waals surface area contributed by atoms with E-state index in [1.54, 1.807) is 12.3 Å². The molecule has 0 atom stereocenters. The van der Waals surface area contributed by atoms with Crippen LogP contribution < -0.4 is 15.4 Å². The van der Waals surface area contributed by atoms with E-state index in [4.69, 9.17) is 9.15 Å². The van der Waals surface area contributed by atoms with Gasteiger partial charge in [0, 0.05) is 12.1 Å². The minimum atomic E-state index is -0.180. The van der Waals surface area contributed by atoms with Crippen LogP contribution in [-0.4, -0.2) is 19.6 Å². The Kier molecular flexibility index (Phi) is 5.20. The average Bonchev–Trinajstić information content (AvgIpc) is 2.98. The molecule has 0 aliphatic carbocycles. The molecule has 5 nitrogen and oxygen atoms in total. The summed E-state index contributed by atoms with van der Waals surface area (Å²) in [4.78, 5) is 11.7. The molecule has 0 bridgehead atoms. The van der Waals surface area contributed by atoms with E-state index < -0.39 is 0 Å². The predicted molar refractivity (Wildman–Crippen MR) is 75.3 cm³/mol. The number of rotatable bonds is 7. The molecule has 2 aromatic rings. The van der Waals surface area contributed by atoms with Crippen molar-refractivity contribution in [1.29, 1.82) is 0 Å². The lowest BCUT2D eigenvalue weighted by Gasteiger charge is -2.11. The summed E-state index contributed by atoms with van der Waals surface area (Å²) >= 11 is 0. The number of hydrogen-bond acceptors (Lipinski definition) is 4. The highest BCUT2D eigenvalue weighted by molar-refractivity contribution is 5.77. The molecule has 20 heavy (non-hydrogen) atoms. The lowest BCUT2D eigenvalue weighted by Crippen LogP contribution is -2.28. The monoisotopic (exact) mass is 274 g/mol. The predicted octanol–water partition coefficient (Wildman–Crippen LogP) is 1.69. The molecular formula is C15H18N2O3. The van der Waals surface area contributed by atoms with Crippen molar-refractivity contribution in [1.82, 2.24) is 10.6 Å². The number of para-hydroxylation sites is 1. The lowest BCUT2D eigenvalue weighted by molar-refractivity contribution is -0.123. The molecule has 1 heterocycles. The van der Waals surface area contributed by atoms with E-state index in [9.17, 15) is 4.79 Å². The first-order valence-corrected chi connectivity index (χ1v) is 6.44. The van der Waals surface area contributed by atoms with Gasteiger partial charge >= 0.3 is 0 Å². The summed E-state index contributed by atoms with van der Waals surface area (Å²) in [5.41, 5.74) is 1.02. The van der Waals surface area contributed by atoms with Crippen LogP contribution in [0, 0.1) is 0 Å². The van der Waals surface area contributed by atoms with E-state index in [0.29, 0.717) is 18.8 Å². The van der Waals surface area contributed by atoms with Crippen molar-refractivity contribution in [3.8, 4) is 5.75 Å². The second-order valence-electron chi connectivity index (χ2n) is 4.28. The summed E-state index contributed by atoms with van der Waals surface area (Å²) in [6.07, 6.45) is 1.58. The third kappa shape index (κ3) is 4.13. The summed E-state index contributed by atoms with van der Waals surface area (Å²) in [5, 5.41) is 5.80. The quantitative estimate of drug-likeness (QED) is 0.806. The maximum absolute atomic E-state index is 11.7. The number of furan rings is 1. The number of nitrogens with one attached hydrogen (secondary N) is 2. The van der Waals surface area contributed by atoms with Gasteiger partial charge in [-0.05, 0) is 25.2 Å². The Labute approximate surface area is 117 Å². The lowest BCUT2D eigenvalue weighted by atomic mass is 10.2. The number of carbonyl (C=O) groups is 1. The van der Waals surface area contributed by atoms with Crippen LogP contribution in [-0.2, 0) is 17.9 Å². The van der Waals surface area contributed by atoms with Gasteiger partial charge in [0.15, 0.2) is 6.61 Å². The highest BCUT2D eigenvalue weighted by atomic mass is 16.5. The second-order valence-corrected chi connectivity index (χ2v) is 4.28. The van der Waals surface area contributed by atoms with Gasteiger partial charge in [-0.25, -0.2) is 0 Å². The van der Waals surface area contributed by atoms with Gasteiger partial charge in [0.05, 0.1) is 12.8 Å². The summed E-state index contributed by atoms with van der Waals surface area (Å²) in [5.74, 6) is 1.25. The van der Waals surface area contributed by atoms with Crippen LogP contribution in [0.1, 0.15) is 11.3 Å². The molecule has 0 aliphatic rings. The van der Waals surface area contributed by atoms with Gasteiger partial charge in [-0.2, -0.15) is 0 Å². The smallest absolute Gasteiger partial charge is 0.258 e. The van der Waals surface area contributed by atoms with Gasteiger partial charge in [-0.15, -0.1) is 0 Å². The Morgan fingerprint density at radius 3 is 2.80 bits per heavy atom. The minimum Gasteiger partial charge on any atom is -0.483 e.